The van der Waals surface area contributed by atoms with Crippen LogP contribution in [0.4, 0.5) is 5.88 Å². The van der Waals surface area contributed by atoms with Gasteiger partial charge in [0.15, 0.2) is 0 Å². The zero-order valence-corrected chi connectivity index (χ0v) is 13.0. The van der Waals surface area contributed by atoms with Crippen molar-refractivity contribution in [1.29, 1.82) is 5.26 Å². The molecule has 0 atom stereocenters. The van der Waals surface area contributed by atoms with Gasteiger partial charge in [-0.2, -0.15) is 10.2 Å². The molecule has 0 amide bonds. The van der Waals surface area contributed by atoms with E-state index in [0.29, 0.717) is 42.7 Å². The average molecular weight is 332 g/mol. The molecule has 1 aliphatic heterocycles. The van der Waals surface area contributed by atoms with Crippen molar-refractivity contribution in [3.05, 3.63) is 35.0 Å². The van der Waals surface area contributed by atoms with Gasteiger partial charge in [-0.05, 0) is 37.1 Å². The number of nitriles is 1. The van der Waals surface area contributed by atoms with Gasteiger partial charge in [-0.3, -0.25) is 4.79 Å². The molecule has 118 valence electrons. The summed E-state index contributed by atoms with van der Waals surface area (Å²) in [5.74, 6) is -0.352. The molecule has 23 heavy (non-hydrogen) atoms. The summed E-state index contributed by atoms with van der Waals surface area (Å²) in [7, 11) is 0. The number of piperidine rings is 1. The number of carbonyl (C=O) groups is 1. The van der Waals surface area contributed by atoms with E-state index in [4.69, 9.17) is 21.1 Å². The van der Waals surface area contributed by atoms with Crippen LogP contribution in [0.25, 0.3) is 11.5 Å². The number of aliphatic carboxylic acids is 1. The highest BCUT2D eigenvalue weighted by Gasteiger charge is 2.28. The quantitative estimate of drug-likeness (QED) is 0.929. The molecule has 0 aliphatic carbocycles. The van der Waals surface area contributed by atoms with E-state index in [-0.39, 0.29) is 11.6 Å². The minimum atomic E-state index is -0.774. The monoisotopic (exact) mass is 331 g/mol. The summed E-state index contributed by atoms with van der Waals surface area (Å²) < 4.78 is 5.77. The molecule has 2 heterocycles. The number of rotatable bonds is 3. The number of halogens is 1. The van der Waals surface area contributed by atoms with Crippen molar-refractivity contribution < 1.29 is 14.3 Å². The SMILES string of the molecule is N#Cc1nc(-c2ccc(Cl)cc2)oc1N1CCC(C(=O)O)CC1. The van der Waals surface area contributed by atoms with Crippen LogP contribution in [-0.4, -0.2) is 29.1 Å². The van der Waals surface area contributed by atoms with Crippen molar-refractivity contribution in [1.82, 2.24) is 4.98 Å². The van der Waals surface area contributed by atoms with Gasteiger partial charge in [-0.25, -0.2) is 0 Å². The third kappa shape index (κ3) is 3.15. The summed E-state index contributed by atoms with van der Waals surface area (Å²) in [6.07, 6.45) is 1.05. The summed E-state index contributed by atoms with van der Waals surface area (Å²) in [6.45, 7) is 1.06. The lowest BCUT2D eigenvalue weighted by Crippen LogP contribution is -2.36. The summed E-state index contributed by atoms with van der Waals surface area (Å²) >= 11 is 5.86. The molecule has 3 rings (SSSR count). The first-order chi connectivity index (χ1) is 11.1. The van der Waals surface area contributed by atoms with Crippen LogP contribution in [0, 0.1) is 17.2 Å². The van der Waals surface area contributed by atoms with Crippen LogP contribution in [-0.2, 0) is 4.79 Å². The van der Waals surface area contributed by atoms with E-state index in [9.17, 15) is 10.1 Å². The molecule has 1 saturated heterocycles. The Morgan fingerprint density at radius 2 is 2.00 bits per heavy atom. The zero-order chi connectivity index (χ0) is 16.4. The van der Waals surface area contributed by atoms with Gasteiger partial charge < -0.3 is 14.4 Å². The van der Waals surface area contributed by atoms with Crippen molar-refractivity contribution in [2.75, 3.05) is 18.0 Å². The van der Waals surface area contributed by atoms with Crippen LogP contribution in [0.5, 0.6) is 0 Å². The second-order valence-corrected chi connectivity index (χ2v) is 5.83. The van der Waals surface area contributed by atoms with Crippen molar-refractivity contribution in [3.63, 3.8) is 0 Å². The summed E-state index contributed by atoms with van der Waals surface area (Å²) in [6, 6.07) is 9.04. The molecular formula is C16H14ClN3O3. The van der Waals surface area contributed by atoms with Gasteiger partial charge >= 0.3 is 5.97 Å². The highest BCUT2D eigenvalue weighted by atomic mass is 35.5. The zero-order valence-electron chi connectivity index (χ0n) is 12.2. The number of benzene rings is 1. The molecule has 0 saturated carbocycles. The van der Waals surface area contributed by atoms with Crippen LogP contribution in [0.2, 0.25) is 5.02 Å². The fourth-order valence-corrected chi connectivity index (χ4v) is 2.77. The molecule has 1 N–H and O–H groups in total. The Labute approximate surface area is 137 Å². The van der Waals surface area contributed by atoms with Crippen molar-refractivity contribution in [2.24, 2.45) is 5.92 Å². The highest BCUT2D eigenvalue weighted by molar-refractivity contribution is 6.30. The minimum absolute atomic E-state index is 0.212. The Morgan fingerprint density at radius 3 is 2.57 bits per heavy atom. The largest absolute Gasteiger partial charge is 0.481 e. The lowest BCUT2D eigenvalue weighted by molar-refractivity contribution is -0.142. The number of hydrogen-bond donors (Lipinski definition) is 1. The second-order valence-electron chi connectivity index (χ2n) is 5.39. The van der Waals surface area contributed by atoms with Gasteiger partial charge in [-0.15, -0.1) is 0 Å². The van der Waals surface area contributed by atoms with Crippen LogP contribution in [0.1, 0.15) is 18.5 Å². The molecular weight excluding hydrogens is 318 g/mol. The molecule has 1 aromatic heterocycles. The number of anilines is 1. The van der Waals surface area contributed by atoms with Crippen LogP contribution in [0.3, 0.4) is 0 Å². The van der Waals surface area contributed by atoms with Gasteiger partial charge in [0.05, 0.1) is 5.92 Å². The fraction of sp³-hybridized carbons (Fsp3) is 0.312. The van der Waals surface area contributed by atoms with E-state index in [1.807, 2.05) is 11.0 Å². The van der Waals surface area contributed by atoms with E-state index in [2.05, 4.69) is 4.98 Å². The maximum atomic E-state index is 11.0. The molecule has 1 aromatic carbocycles. The maximum Gasteiger partial charge on any atom is 0.306 e. The number of nitrogens with zero attached hydrogens (tertiary/aromatic N) is 3. The van der Waals surface area contributed by atoms with Crippen molar-refractivity contribution in [2.45, 2.75) is 12.8 Å². The maximum absolute atomic E-state index is 11.0. The Bertz CT molecular complexity index is 756. The van der Waals surface area contributed by atoms with Crippen molar-refractivity contribution >= 4 is 23.5 Å². The van der Waals surface area contributed by atoms with E-state index in [1.165, 1.54) is 0 Å². The van der Waals surface area contributed by atoms with Gasteiger partial charge in [0, 0.05) is 23.7 Å². The number of carboxylic acids is 1. The predicted octanol–water partition coefficient (Wildman–Crippen LogP) is 3.17. The van der Waals surface area contributed by atoms with Gasteiger partial charge in [-0.1, -0.05) is 11.6 Å². The first kappa shape index (κ1) is 15.4. The molecule has 7 heteroatoms. The Hall–Kier alpha value is -2.52. The molecule has 0 radical (unpaired) electrons. The minimum Gasteiger partial charge on any atom is -0.481 e. The first-order valence-corrected chi connectivity index (χ1v) is 7.61. The smallest absolute Gasteiger partial charge is 0.306 e. The van der Waals surface area contributed by atoms with Gasteiger partial charge in [0.2, 0.25) is 17.5 Å². The molecule has 0 spiro atoms. The van der Waals surface area contributed by atoms with E-state index in [1.54, 1.807) is 24.3 Å². The van der Waals surface area contributed by atoms with E-state index in [0.717, 1.165) is 5.56 Å². The number of aromatic nitrogens is 1. The molecule has 6 nitrogen and oxygen atoms in total. The molecule has 2 aromatic rings. The molecule has 1 aliphatic rings. The Morgan fingerprint density at radius 1 is 1.35 bits per heavy atom. The highest BCUT2D eigenvalue weighted by Crippen LogP contribution is 2.31. The Kier molecular flexibility index (Phi) is 4.22. The number of oxazole rings is 1. The lowest BCUT2D eigenvalue weighted by atomic mass is 9.97. The predicted molar refractivity (Wildman–Crippen MR) is 84.2 cm³/mol. The van der Waals surface area contributed by atoms with Crippen molar-refractivity contribution in [3.8, 4) is 17.5 Å². The topological polar surface area (TPSA) is 90.4 Å². The van der Waals surface area contributed by atoms with E-state index < -0.39 is 5.97 Å². The molecule has 1 fully saturated rings. The Balaban J connectivity index is 1.84. The number of hydrogen-bond acceptors (Lipinski definition) is 5. The summed E-state index contributed by atoms with van der Waals surface area (Å²) in [4.78, 5) is 17.1. The van der Waals surface area contributed by atoms with Crippen LogP contribution in [0.15, 0.2) is 28.7 Å². The van der Waals surface area contributed by atoms with Crippen LogP contribution < -0.4 is 4.90 Å². The first-order valence-electron chi connectivity index (χ1n) is 7.23. The standard InChI is InChI=1S/C16H14ClN3O3/c17-12-3-1-10(2-4-12)14-19-13(9-18)15(23-14)20-7-5-11(6-8-20)16(21)22/h1-4,11H,5-8H2,(H,21,22). The van der Waals surface area contributed by atoms with E-state index >= 15 is 0 Å². The normalized spacial score (nSPS) is 15.4. The molecule has 0 bridgehead atoms. The van der Waals surface area contributed by atoms with Crippen LogP contribution >= 0.6 is 11.6 Å². The number of carboxylic acid groups (broad SMARTS) is 1. The second kappa shape index (κ2) is 6.31. The lowest BCUT2D eigenvalue weighted by Gasteiger charge is -2.29. The summed E-state index contributed by atoms with van der Waals surface area (Å²) in [5.41, 5.74) is 0.946. The fourth-order valence-electron chi connectivity index (χ4n) is 2.64. The average Bonchev–Trinajstić information content (AvgIpc) is 3.00. The third-order valence-corrected chi connectivity index (χ3v) is 4.19. The molecule has 0 unspecified atom stereocenters. The van der Waals surface area contributed by atoms with Gasteiger partial charge in [0.25, 0.3) is 0 Å². The summed E-state index contributed by atoms with van der Waals surface area (Å²) in [5, 5.41) is 18.9. The third-order valence-electron chi connectivity index (χ3n) is 3.94. The van der Waals surface area contributed by atoms with Gasteiger partial charge in [0.1, 0.15) is 6.07 Å².